The lowest BCUT2D eigenvalue weighted by Crippen LogP contribution is -2.48. The third-order valence-electron chi connectivity index (χ3n) is 4.36. The largest absolute Gasteiger partial charge is 0.402 e. The Kier molecular flexibility index (Phi) is 3.87. The molecular formula is C16H15F4N3O. The monoisotopic (exact) mass is 341 g/mol. The predicted octanol–water partition coefficient (Wildman–Crippen LogP) is 3.03. The van der Waals surface area contributed by atoms with Gasteiger partial charge < -0.3 is 15.6 Å². The molecule has 3 N–H and O–H groups in total. The van der Waals surface area contributed by atoms with Gasteiger partial charge >= 0.3 is 6.18 Å². The first-order valence-corrected chi connectivity index (χ1v) is 7.32. The zero-order valence-corrected chi connectivity index (χ0v) is 12.7. The van der Waals surface area contributed by atoms with Gasteiger partial charge in [-0.1, -0.05) is 0 Å². The van der Waals surface area contributed by atoms with Crippen LogP contribution in [0.2, 0.25) is 0 Å². The van der Waals surface area contributed by atoms with E-state index < -0.39 is 23.0 Å². The number of benzene rings is 1. The van der Waals surface area contributed by atoms with Gasteiger partial charge in [-0.3, -0.25) is 4.79 Å². The van der Waals surface area contributed by atoms with E-state index in [1.807, 2.05) is 0 Å². The number of aromatic nitrogens is 1. The van der Waals surface area contributed by atoms with Gasteiger partial charge in [0.25, 0.3) is 5.56 Å². The Hall–Kier alpha value is -2.35. The summed E-state index contributed by atoms with van der Waals surface area (Å²) in [4.78, 5) is 14.4. The van der Waals surface area contributed by atoms with Crippen molar-refractivity contribution < 1.29 is 17.6 Å². The van der Waals surface area contributed by atoms with Crippen molar-refractivity contribution in [1.82, 2.24) is 10.3 Å². The minimum atomic E-state index is -4.71. The van der Waals surface area contributed by atoms with Crippen LogP contribution in [-0.4, -0.2) is 24.8 Å². The van der Waals surface area contributed by atoms with Crippen molar-refractivity contribution in [3.05, 3.63) is 57.8 Å². The zero-order valence-electron chi connectivity index (χ0n) is 12.7. The number of aromatic amines is 1. The van der Waals surface area contributed by atoms with E-state index in [1.54, 1.807) is 0 Å². The van der Waals surface area contributed by atoms with Gasteiger partial charge in [0.05, 0.1) is 0 Å². The van der Waals surface area contributed by atoms with Crippen LogP contribution < -0.4 is 16.2 Å². The lowest BCUT2D eigenvalue weighted by Gasteiger charge is -2.42. The molecule has 0 fully saturated rings. The molecule has 1 aromatic heterocycles. The number of hydrogen-bond acceptors (Lipinski definition) is 3. The van der Waals surface area contributed by atoms with Crippen molar-refractivity contribution in [3.8, 4) is 0 Å². The average Bonchev–Trinajstić information content (AvgIpc) is 2.51. The Bertz CT molecular complexity index is 831. The van der Waals surface area contributed by atoms with Gasteiger partial charge in [-0.25, -0.2) is 4.39 Å². The fraction of sp³-hybridized carbons (Fsp3) is 0.312. The van der Waals surface area contributed by atoms with E-state index >= 15 is 0 Å². The SMILES string of the molecule is CNCCC1(C(F)(F)F)c2cc(F)ccc2Nc2c1cc[nH]c2=O. The molecule has 0 saturated heterocycles. The summed E-state index contributed by atoms with van der Waals surface area (Å²) < 4.78 is 56.5. The van der Waals surface area contributed by atoms with Gasteiger partial charge in [-0.2, -0.15) is 13.2 Å². The fourth-order valence-electron chi connectivity index (χ4n) is 3.25. The summed E-state index contributed by atoms with van der Waals surface area (Å²) in [6.07, 6.45) is -3.90. The first-order chi connectivity index (χ1) is 11.3. The maximum absolute atomic E-state index is 14.3. The summed E-state index contributed by atoms with van der Waals surface area (Å²) in [6.45, 7) is 0.0434. The van der Waals surface area contributed by atoms with Gasteiger partial charge in [0, 0.05) is 17.4 Å². The molecule has 24 heavy (non-hydrogen) atoms. The quantitative estimate of drug-likeness (QED) is 0.752. The maximum Gasteiger partial charge on any atom is 0.402 e. The average molecular weight is 341 g/mol. The highest BCUT2D eigenvalue weighted by molar-refractivity contribution is 5.75. The molecule has 0 spiro atoms. The normalized spacial score (nSPS) is 19.4. The number of alkyl halides is 3. The van der Waals surface area contributed by atoms with Gasteiger partial charge in [0.1, 0.15) is 16.9 Å². The summed E-state index contributed by atoms with van der Waals surface area (Å²) in [5.41, 5.74) is -3.63. The van der Waals surface area contributed by atoms with E-state index in [0.29, 0.717) is 0 Å². The topological polar surface area (TPSA) is 56.9 Å². The zero-order chi connectivity index (χ0) is 17.5. The fourth-order valence-corrected chi connectivity index (χ4v) is 3.25. The second-order valence-electron chi connectivity index (χ2n) is 5.67. The van der Waals surface area contributed by atoms with Crippen molar-refractivity contribution in [2.45, 2.75) is 18.0 Å². The Morgan fingerprint density at radius 1 is 1.21 bits per heavy atom. The van der Waals surface area contributed by atoms with Crippen molar-refractivity contribution >= 4 is 11.4 Å². The summed E-state index contributed by atoms with van der Waals surface area (Å²) in [5.74, 6) is -0.762. The number of H-pyrrole nitrogens is 1. The number of pyridine rings is 1. The second kappa shape index (κ2) is 5.62. The number of rotatable bonds is 3. The molecule has 0 radical (unpaired) electrons. The standard InChI is InChI=1S/C16H15F4N3O/c1-21-7-5-15(16(18,19)20)10-4-6-22-14(24)13(10)23-12-3-2-9(17)8-11(12)15/h2-4,6,8,21,23H,5,7H2,1H3,(H,22,24). The molecule has 1 unspecified atom stereocenters. The number of anilines is 2. The van der Waals surface area contributed by atoms with Crippen molar-refractivity contribution in [3.63, 3.8) is 0 Å². The van der Waals surface area contributed by atoms with Crippen LogP contribution in [0.15, 0.2) is 35.3 Å². The molecule has 3 rings (SSSR count). The van der Waals surface area contributed by atoms with E-state index in [9.17, 15) is 22.4 Å². The molecule has 2 aromatic rings. The Balaban J connectivity index is 2.40. The molecule has 2 heterocycles. The predicted molar refractivity (Wildman–Crippen MR) is 82.1 cm³/mol. The van der Waals surface area contributed by atoms with Crippen LogP contribution in [0, 0.1) is 5.82 Å². The highest BCUT2D eigenvalue weighted by atomic mass is 19.4. The van der Waals surface area contributed by atoms with Crippen molar-refractivity contribution in [2.24, 2.45) is 0 Å². The minimum Gasteiger partial charge on any atom is -0.351 e. The molecule has 128 valence electrons. The van der Waals surface area contributed by atoms with Gasteiger partial charge in [0.15, 0.2) is 0 Å². The molecule has 0 saturated carbocycles. The van der Waals surface area contributed by atoms with Gasteiger partial charge in [-0.05, 0) is 49.8 Å². The summed E-state index contributed by atoms with van der Waals surface area (Å²) in [6, 6.07) is 4.39. The molecule has 0 bridgehead atoms. The van der Waals surface area contributed by atoms with E-state index in [2.05, 4.69) is 15.6 Å². The summed E-state index contributed by atoms with van der Waals surface area (Å²) in [5, 5.41) is 5.41. The van der Waals surface area contributed by atoms with Crippen LogP contribution in [0.1, 0.15) is 17.5 Å². The first kappa shape index (κ1) is 16.5. The Labute approximate surface area is 134 Å². The highest BCUT2D eigenvalue weighted by Crippen LogP contribution is 2.55. The molecule has 0 aliphatic carbocycles. The summed E-state index contributed by atoms with van der Waals surface area (Å²) >= 11 is 0. The van der Waals surface area contributed by atoms with Crippen LogP contribution in [0.25, 0.3) is 0 Å². The molecule has 8 heteroatoms. The van der Waals surface area contributed by atoms with Gasteiger partial charge in [-0.15, -0.1) is 0 Å². The molecule has 1 atom stereocenters. The lowest BCUT2D eigenvalue weighted by molar-refractivity contribution is -0.179. The Morgan fingerprint density at radius 2 is 1.96 bits per heavy atom. The van der Waals surface area contributed by atoms with Crippen molar-refractivity contribution in [2.75, 3.05) is 18.9 Å². The number of hydrogen-bond donors (Lipinski definition) is 3. The van der Waals surface area contributed by atoms with Crippen LogP contribution in [0.5, 0.6) is 0 Å². The van der Waals surface area contributed by atoms with Crippen molar-refractivity contribution in [1.29, 1.82) is 0 Å². The number of nitrogens with one attached hydrogen (secondary N) is 3. The van der Waals surface area contributed by atoms with E-state index in [0.717, 1.165) is 12.1 Å². The van der Waals surface area contributed by atoms with Crippen LogP contribution in [-0.2, 0) is 5.41 Å². The van der Waals surface area contributed by atoms with E-state index in [4.69, 9.17) is 0 Å². The second-order valence-corrected chi connectivity index (χ2v) is 5.67. The number of halogens is 4. The number of fused-ring (bicyclic) bond motifs is 2. The lowest BCUT2D eigenvalue weighted by atomic mass is 9.68. The first-order valence-electron chi connectivity index (χ1n) is 7.32. The minimum absolute atomic E-state index is 0.0434. The molecule has 1 aliphatic heterocycles. The summed E-state index contributed by atoms with van der Waals surface area (Å²) in [7, 11) is 1.54. The van der Waals surface area contributed by atoms with E-state index in [1.165, 1.54) is 25.4 Å². The highest BCUT2D eigenvalue weighted by Gasteiger charge is 2.60. The van der Waals surface area contributed by atoms with Crippen LogP contribution in [0.4, 0.5) is 28.9 Å². The third-order valence-corrected chi connectivity index (χ3v) is 4.36. The third kappa shape index (κ3) is 2.29. The molecule has 1 aliphatic rings. The van der Waals surface area contributed by atoms with Crippen LogP contribution >= 0.6 is 0 Å². The molecule has 4 nitrogen and oxygen atoms in total. The smallest absolute Gasteiger partial charge is 0.351 e. The molecular weight excluding hydrogens is 326 g/mol. The van der Waals surface area contributed by atoms with E-state index in [-0.39, 0.29) is 35.5 Å². The van der Waals surface area contributed by atoms with Crippen LogP contribution in [0.3, 0.4) is 0 Å². The maximum atomic E-state index is 14.3. The Morgan fingerprint density at radius 3 is 2.62 bits per heavy atom. The molecule has 1 aromatic carbocycles. The van der Waals surface area contributed by atoms with Gasteiger partial charge in [0.2, 0.25) is 0 Å². The molecule has 0 amide bonds.